The van der Waals surface area contributed by atoms with Crippen molar-refractivity contribution in [3.8, 4) is 0 Å². The average molecular weight is 271 g/mol. The highest BCUT2D eigenvalue weighted by Crippen LogP contribution is 2.14. The lowest BCUT2D eigenvalue weighted by Crippen LogP contribution is -2.44. The number of furan rings is 1. The average Bonchev–Trinajstić information content (AvgIpc) is 2.73. The SMILES string of the molecule is CSCc1ccc(C(=O)N[C@@H](C(=O)O)C(C)C)o1. The number of carboxylic acid groups (broad SMARTS) is 1. The van der Waals surface area contributed by atoms with Gasteiger partial charge in [-0.25, -0.2) is 4.79 Å². The maximum Gasteiger partial charge on any atom is 0.326 e. The van der Waals surface area contributed by atoms with Crippen LogP contribution in [0, 0.1) is 5.92 Å². The molecule has 0 fully saturated rings. The normalized spacial score (nSPS) is 12.4. The number of amides is 1. The molecule has 0 aliphatic rings. The monoisotopic (exact) mass is 271 g/mol. The summed E-state index contributed by atoms with van der Waals surface area (Å²) >= 11 is 1.58. The van der Waals surface area contributed by atoms with Crippen molar-refractivity contribution in [1.29, 1.82) is 0 Å². The number of thioether (sulfide) groups is 1. The third kappa shape index (κ3) is 3.80. The molecule has 100 valence electrons. The molecule has 5 nitrogen and oxygen atoms in total. The van der Waals surface area contributed by atoms with E-state index in [2.05, 4.69) is 5.32 Å². The third-order valence-electron chi connectivity index (χ3n) is 2.39. The van der Waals surface area contributed by atoms with Crippen molar-refractivity contribution in [2.24, 2.45) is 5.92 Å². The molecule has 1 amide bonds. The zero-order valence-corrected chi connectivity index (χ0v) is 11.4. The summed E-state index contributed by atoms with van der Waals surface area (Å²) in [5, 5.41) is 11.4. The Hall–Kier alpha value is -1.43. The topological polar surface area (TPSA) is 79.5 Å². The summed E-state index contributed by atoms with van der Waals surface area (Å²) in [6, 6.07) is 2.36. The van der Waals surface area contributed by atoms with Gasteiger partial charge < -0.3 is 14.8 Å². The van der Waals surface area contributed by atoms with Gasteiger partial charge in [0, 0.05) is 0 Å². The van der Waals surface area contributed by atoms with Gasteiger partial charge in [0.25, 0.3) is 5.91 Å². The molecule has 0 aliphatic carbocycles. The van der Waals surface area contributed by atoms with Gasteiger partial charge in [0.05, 0.1) is 5.75 Å². The van der Waals surface area contributed by atoms with Crippen LogP contribution in [0.25, 0.3) is 0 Å². The van der Waals surface area contributed by atoms with Gasteiger partial charge in [-0.05, 0) is 24.3 Å². The van der Waals surface area contributed by atoms with Crippen molar-refractivity contribution >= 4 is 23.6 Å². The summed E-state index contributed by atoms with van der Waals surface area (Å²) in [7, 11) is 0. The maximum atomic E-state index is 11.8. The van der Waals surface area contributed by atoms with Crippen LogP contribution in [0.2, 0.25) is 0 Å². The molecule has 1 aromatic heterocycles. The number of nitrogens with one attached hydrogen (secondary N) is 1. The second kappa shape index (κ2) is 6.49. The molecular formula is C12H17NO4S. The second-order valence-corrected chi connectivity index (χ2v) is 5.10. The summed E-state index contributed by atoms with van der Waals surface area (Å²) in [5.74, 6) is -0.209. The van der Waals surface area contributed by atoms with Crippen molar-refractivity contribution in [3.05, 3.63) is 23.7 Å². The summed E-state index contributed by atoms with van der Waals surface area (Å²) in [5.41, 5.74) is 0. The number of carbonyl (C=O) groups excluding carboxylic acids is 1. The van der Waals surface area contributed by atoms with Crippen LogP contribution in [-0.2, 0) is 10.5 Å². The molecule has 0 radical (unpaired) electrons. The van der Waals surface area contributed by atoms with Crippen LogP contribution in [0.5, 0.6) is 0 Å². The molecule has 1 aromatic rings. The molecule has 0 spiro atoms. The van der Waals surface area contributed by atoms with E-state index in [1.165, 1.54) is 0 Å². The summed E-state index contributed by atoms with van der Waals surface area (Å²) in [4.78, 5) is 22.8. The molecule has 1 rings (SSSR count). The van der Waals surface area contributed by atoms with Crippen molar-refractivity contribution in [2.75, 3.05) is 6.26 Å². The molecule has 6 heteroatoms. The van der Waals surface area contributed by atoms with Gasteiger partial charge in [-0.2, -0.15) is 11.8 Å². The van der Waals surface area contributed by atoms with Crippen LogP contribution < -0.4 is 5.32 Å². The van der Waals surface area contributed by atoms with Crippen molar-refractivity contribution in [1.82, 2.24) is 5.32 Å². The lowest BCUT2D eigenvalue weighted by molar-refractivity contribution is -0.140. The van der Waals surface area contributed by atoms with Crippen molar-refractivity contribution < 1.29 is 19.1 Å². The second-order valence-electron chi connectivity index (χ2n) is 4.23. The summed E-state index contributed by atoms with van der Waals surface area (Å²) in [6.07, 6.45) is 1.93. The van der Waals surface area contributed by atoms with Crippen LogP contribution in [0.3, 0.4) is 0 Å². The molecular weight excluding hydrogens is 254 g/mol. The van der Waals surface area contributed by atoms with E-state index in [1.54, 1.807) is 37.7 Å². The van der Waals surface area contributed by atoms with Crippen LogP contribution in [0.1, 0.15) is 30.2 Å². The molecule has 0 unspecified atom stereocenters. The van der Waals surface area contributed by atoms with Gasteiger partial charge >= 0.3 is 5.97 Å². The van der Waals surface area contributed by atoms with E-state index in [4.69, 9.17) is 9.52 Å². The first kappa shape index (κ1) is 14.6. The Balaban J connectivity index is 2.71. The third-order valence-corrected chi connectivity index (χ3v) is 2.96. The Bertz CT molecular complexity index is 427. The van der Waals surface area contributed by atoms with Crippen LogP contribution in [0.15, 0.2) is 16.5 Å². The zero-order valence-electron chi connectivity index (χ0n) is 10.6. The van der Waals surface area contributed by atoms with E-state index in [1.807, 2.05) is 6.26 Å². The first-order valence-corrected chi connectivity index (χ1v) is 6.96. The zero-order chi connectivity index (χ0) is 13.7. The van der Waals surface area contributed by atoms with E-state index < -0.39 is 17.9 Å². The van der Waals surface area contributed by atoms with Gasteiger partial charge in [-0.3, -0.25) is 4.79 Å². The van der Waals surface area contributed by atoms with Gasteiger partial charge in [-0.15, -0.1) is 0 Å². The molecule has 0 aliphatic heterocycles. The number of carboxylic acids is 1. The minimum atomic E-state index is -1.05. The molecule has 1 heterocycles. The summed E-state index contributed by atoms with van der Waals surface area (Å²) in [6.45, 7) is 3.47. The van der Waals surface area contributed by atoms with Gasteiger partial charge in [0.15, 0.2) is 5.76 Å². The van der Waals surface area contributed by atoms with Crippen LogP contribution >= 0.6 is 11.8 Å². The number of hydrogen-bond donors (Lipinski definition) is 2. The van der Waals surface area contributed by atoms with Gasteiger partial charge in [0.1, 0.15) is 11.8 Å². The van der Waals surface area contributed by atoms with Crippen LogP contribution in [-0.4, -0.2) is 29.3 Å². The summed E-state index contributed by atoms with van der Waals surface area (Å²) < 4.78 is 5.32. The molecule has 0 saturated carbocycles. The highest BCUT2D eigenvalue weighted by atomic mass is 32.2. The highest BCUT2D eigenvalue weighted by molar-refractivity contribution is 7.97. The maximum absolute atomic E-state index is 11.8. The van der Waals surface area contributed by atoms with Crippen molar-refractivity contribution in [3.63, 3.8) is 0 Å². The first-order chi connectivity index (χ1) is 8.45. The minimum absolute atomic E-state index is 0.144. The fourth-order valence-electron chi connectivity index (χ4n) is 1.45. The molecule has 18 heavy (non-hydrogen) atoms. The number of rotatable bonds is 6. The van der Waals surface area contributed by atoms with E-state index in [-0.39, 0.29) is 11.7 Å². The number of hydrogen-bond acceptors (Lipinski definition) is 4. The molecule has 0 bridgehead atoms. The Morgan fingerprint density at radius 3 is 2.61 bits per heavy atom. The lowest BCUT2D eigenvalue weighted by Gasteiger charge is -2.16. The molecule has 2 N–H and O–H groups in total. The first-order valence-electron chi connectivity index (χ1n) is 5.57. The molecule has 0 aromatic carbocycles. The van der Waals surface area contributed by atoms with Crippen LogP contribution in [0.4, 0.5) is 0 Å². The predicted octanol–water partition coefficient (Wildman–Crippen LogP) is 1.98. The molecule has 1 atom stereocenters. The fourth-order valence-corrected chi connectivity index (χ4v) is 1.89. The van der Waals surface area contributed by atoms with Gasteiger partial charge in [0.2, 0.25) is 0 Å². The van der Waals surface area contributed by atoms with Crippen molar-refractivity contribution in [2.45, 2.75) is 25.6 Å². The minimum Gasteiger partial charge on any atom is -0.480 e. The number of carbonyl (C=O) groups is 2. The Morgan fingerprint density at radius 2 is 2.11 bits per heavy atom. The standard InChI is InChI=1S/C12H17NO4S/c1-7(2)10(12(15)16)13-11(14)9-5-4-8(17-9)6-18-3/h4-5,7,10H,6H2,1-3H3,(H,13,14)(H,15,16)/t10-/m1/s1. The van der Waals surface area contributed by atoms with E-state index in [0.29, 0.717) is 11.5 Å². The van der Waals surface area contributed by atoms with E-state index in [9.17, 15) is 9.59 Å². The smallest absolute Gasteiger partial charge is 0.326 e. The van der Waals surface area contributed by atoms with E-state index in [0.717, 1.165) is 0 Å². The Kier molecular flexibility index (Phi) is 5.27. The van der Waals surface area contributed by atoms with Gasteiger partial charge in [-0.1, -0.05) is 13.8 Å². The Labute approximate surface area is 110 Å². The number of aliphatic carboxylic acids is 1. The predicted molar refractivity (Wildman–Crippen MR) is 69.7 cm³/mol. The fraction of sp³-hybridized carbons (Fsp3) is 0.500. The highest BCUT2D eigenvalue weighted by Gasteiger charge is 2.25. The molecule has 0 saturated heterocycles. The lowest BCUT2D eigenvalue weighted by atomic mass is 10.0. The quantitative estimate of drug-likeness (QED) is 0.827. The van der Waals surface area contributed by atoms with E-state index >= 15 is 0 Å². The Morgan fingerprint density at radius 1 is 1.44 bits per heavy atom. The largest absolute Gasteiger partial charge is 0.480 e.